The van der Waals surface area contributed by atoms with Gasteiger partial charge in [-0.15, -0.1) is 23.2 Å². The molecule has 2 aromatic carbocycles. The molecule has 0 N–H and O–H groups in total. The third-order valence-electron chi connectivity index (χ3n) is 3.31. The summed E-state index contributed by atoms with van der Waals surface area (Å²) in [7, 11) is 0. The van der Waals surface area contributed by atoms with E-state index in [0.717, 1.165) is 10.8 Å². The van der Waals surface area contributed by atoms with Gasteiger partial charge in [0.05, 0.1) is 17.0 Å². The Morgan fingerprint density at radius 1 is 1.04 bits per heavy atom. The Morgan fingerprint density at radius 2 is 1.74 bits per heavy atom. The van der Waals surface area contributed by atoms with Crippen molar-refractivity contribution in [2.24, 2.45) is 5.92 Å². The Kier molecular flexibility index (Phi) is 7.13. The third kappa shape index (κ3) is 5.07. The van der Waals surface area contributed by atoms with Crippen molar-refractivity contribution in [1.82, 2.24) is 0 Å². The first-order valence-corrected chi connectivity index (χ1v) is 9.04. The van der Waals surface area contributed by atoms with Crippen LogP contribution in [0.1, 0.15) is 20.3 Å². The second kappa shape index (κ2) is 8.86. The molecule has 0 amide bonds. The van der Waals surface area contributed by atoms with Gasteiger partial charge in [-0.2, -0.15) is 0 Å². The summed E-state index contributed by atoms with van der Waals surface area (Å²) >= 11 is 18.3. The second-order valence-corrected chi connectivity index (χ2v) is 7.22. The van der Waals surface area contributed by atoms with Crippen LogP contribution in [0, 0.1) is 5.92 Å². The predicted molar refractivity (Wildman–Crippen MR) is 99.8 cm³/mol. The van der Waals surface area contributed by atoms with E-state index in [9.17, 15) is 0 Å². The molecular formula is C18H21Cl3O2. The average molecular weight is 376 g/mol. The van der Waals surface area contributed by atoms with Gasteiger partial charge in [-0.25, -0.2) is 0 Å². The molecule has 0 heterocycles. The quantitative estimate of drug-likeness (QED) is 0.516. The maximum atomic E-state index is 6.41. The molecular weight excluding hydrogens is 355 g/mol. The number of hydrogen-bond acceptors (Lipinski definition) is 2. The fourth-order valence-corrected chi connectivity index (χ4v) is 2.98. The Balaban J connectivity index is 2.31. The average Bonchev–Trinajstić information content (AvgIpc) is 2.52. The molecule has 2 aromatic rings. The standard InChI is InChI=1S/C18H21Cl3O2/c1-12(2)10-23-18-15-6-4-3-5-14(15)17(9-16(18)21)22-11-13(20)7-8-19/h3-6,9,12-13H,7-8,10-11H2,1-2H3. The molecule has 2 nitrogen and oxygen atoms in total. The van der Waals surface area contributed by atoms with Crippen molar-refractivity contribution in [2.75, 3.05) is 19.1 Å². The maximum Gasteiger partial charge on any atom is 0.145 e. The Labute approximate surface area is 152 Å². The number of ether oxygens (including phenoxy) is 2. The number of fused-ring (bicyclic) bond motifs is 1. The minimum atomic E-state index is -0.123. The Hall–Kier alpha value is -0.830. The smallest absolute Gasteiger partial charge is 0.145 e. The monoisotopic (exact) mass is 374 g/mol. The summed E-state index contributed by atoms with van der Waals surface area (Å²) in [5.74, 6) is 2.35. The summed E-state index contributed by atoms with van der Waals surface area (Å²) in [6, 6.07) is 9.70. The molecule has 126 valence electrons. The SMILES string of the molecule is CC(C)COc1c(Cl)cc(OCC(Cl)CCCl)c2ccccc12. The molecule has 5 heteroatoms. The number of benzene rings is 2. The first kappa shape index (κ1) is 18.5. The fourth-order valence-electron chi connectivity index (χ4n) is 2.18. The van der Waals surface area contributed by atoms with Gasteiger partial charge >= 0.3 is 0 Å². The Bertz CT molecular complexity index is 643. The zero-order chi connectivity index (χ0) is 16.8. The van der Waals surface area contributed by atoms with E-state index in [0.29, 0.717) is 48.0 Å². The van der Waals surface area contributed by atoms with E-state index in [1.54, 1.807) is 6.07 Å². The molecule has 0 saturated carbocycles. The summed E-state index contributed by atoms with van der Waals surface area (Å²) in [6.45, 7) is 5.21. The lowest BCUT2D eigenvalue weighted by molar-refractivity contribution is 0.273. The Morgan fingerprint density at radius 3 is 2.39 bits per heavy atom. The van der Waals surface area contributed by atoms with Gasteiger partial charge in [0.15, 0.2) is 0 Å². The molecule has 0 aliphatic heterocycles. The van der Waals surface area contributed by atoms with Gasteiger partial charge in [0.2, 0.25) is 0 Å². The lowest BCUT2D eigenvalue weighted by atomic mass is 10.1. The number of alkyl halides is 2. The summed E-state index contributed by atoms with van der Waals surface area (Å²) in [5.41, 5.74) is 0. The first-order chi connectivity index (χ1) is 11.0. The number of halogens is 3. The summed E-state index contributed by atoms with van der Waals surface area (Å²) in [4.78, 5) is 0. The van der Waals surface area contributed by atoms with Gasteiger partial charge in [0.1, 0.15) is 18.1 Å². The molecule has 0 radical (unpaired) electrons. The van der Waals surface area contributed by atoms with E-state index < -0.39 is 0 Å². The molecule has 0 spiro atoms. The zero-order valence-electron chi connectivity index (χ0n) is 13.3. The minimum absolute atomic E-state index is 0.123. The van der Waals surface area contributed by atoms with E-state index in [4.69, 9.17) is 44.3 Å². The van der Waals surface area contributed by atoms with Gasteiger partial charge in [-0.3, -0.25) is 0 Å². The second-order valence-electron chi connectivity index (χ2n) is 5.82. The molecule has 1 unspecified atom stereocenters. The van der Waals surface area contributed by atoms with Crippen LogP contribution in [0.2, 0.25) is 5.02 Å². The van der Waals surface area contributed by atoms with E-state index in [1.165, 1.54) is 0 Å². The fraction of sp³-hybridized carbons (Fsp3) is 0.444. The summed E-state index contributed by atoms with van der Waals surface area (Å²) in [5, 5.41) is 2.33. The minimum Gasteiger partial charge on any atom is -0.491 e. The lowest BCUT2D eigenvalue weighted by Gasteiger charge is -2.17. The van der Waals surface area contributed by atoms with E-state index in [-0.39, 0.29) is 5.38 Å². The third-order valence-corrected chi connectivity index (χ3v) is 4.16. The molecule has 0 aliphatic rings. The summed E-state index contributed by atoms with van der Waals surface area (Å²) < 4.78 is 11.8. The van der Waals surface area contributed by atoms with E-state index >= 15 is 0 Å². The molecule has 2 rings (SSSR count). The van der Waals surface area contributed by atoms with Crippen molar-refractivity contribution >= 4 is 45.6 Å². The van der Waals surface area contributed by atoms with Crippen LogP contribution in [-0.2, 0) is 0 Å². The molecule has 0 aliphatic carbocycles. The number of rotatable bonds is 8. The maximum absolute atomic E-state index is 6.41. The van der Waals surface area contributed by atoms with Crippen LogP contribution in [0.25, 0.3) is 10.8 Å². The van der Waals surface area contributed by atoms with E-state index in [2.05, 4.69) is 13.8 Å². The van der Waals surface area contributed by atoms with Gasteiger partial charge in [0, 0.05) is 22.7 Å². The molecule has 0 fully saturated rings. The van der Waals surface area contributed by atoms with Crippen LogP contribution in [0.3, 0.4) is 0 Å². The van der Waals surface area contributed by atoms with Gasteiger partial charge < -0.3 is 9.47 Å². The largest absolute Gasteiger partial charge is 0.491 e. The highest BCUT2D eigenvalue weighted by atomic mass is 35.5. The van der Waals surface area contributed by atoms with Gasteiger partial charge in [-0.05, 0) is 12.3 Å². The van der Waals surface area contributed by atoms with Crippen LogP contribution in [0.4, 0.5) is 0 Å². The van der Waals surface area contributed by atoms with E-state index in [1.807, 2.05) is 24.3 Å². The van der Waals surface area contributed by atoms with Crippen molar-refractivity contribution in [3.63, 3.8) is 0 Å². The molecule has 1 atom stereocenters. The van der Waals surface area contributed by atoms with Gasteiger partial charge in [-0.1, -0.05) is 49.7 Å². The molecule has 0 saturated heterocycles. The molecule has 23 heavy (non-hydrogen) atoms. The van der Waals surface area contributed by atoms with Crippen LogP contribution in [0.15, 0.2) is 30.3 Å². The predicted octanol–water partition coefficient (Wildman–Crippen LogP) is 6.14. The highest BCUT2D eigenvalue weighted by Gasteiger charge is 2.14. The normalized spacial score (nSPS) is 12.6. The van der Waals surface area contributed by atoms with Crippen molar-refractivity contribution in [1.29, 1.82) is 0 Å². The van der Waals surface area contributed by atoms with Crippen molar-refractivity contribution < 1.29 is 9.47 Å². The van der Waals surface area contributed by atoms with Gasteiger partial charge in [0.25, 0.3) is 0 Å². The van der Waals surface area contributed by atoms with Crippen LogP contribution >= 0.6 is 34.8 Å². The molecule has 0 bridgehead atoms. The van der Waals surface area contributed by atoms with Crippen LogP contribution in [0.5, 0.6) is 11.5 Å². The zero-order valence-corrected chi connectivity index (χ0v) is 15.6. The van der Waals surface area contributed by atoms with Crippen molar-refractivity contribution in [3.05, 3.63) is 35.4 Å². The highest BCUT2D eigenvalue weighted by molar-refractivity contribution is 6.33. The molecule has 0 aromatic heterocycles. The van der Waals surface area contributed by atoms with Crippen molar-refractivity contribution in [2.45, 2.75) is 25.6 Å². The first-order valence-electron chi connectivity index (χ1n) is 7.69. The van der Waals surface area contributed by atoms with Crippen molar-refractivity contribution in [3.8, 4) is 11.5 Å². The van der Waals surface area contributed by atoms with Crippen LogP contribution in [-0.4, -0.2) is 24.5 Å². The lowest BCUT2D eigenvalue weighted by Crippen LogP contribution is -2.12. The van der Waals surface area contributed by atoms with Crippen LogP contribution < -0.4 is 9.47 Å². The topological polar surface area (TPSA) is 18.5 Å². The summed E-state index contributed by atoms with van der Waals surface area (Å²) in [6.07, 6.45) is 0.699. The highest BCUT2D eigenvalue weighted by Crippen LogP contribution is 2.40. The number of hydrogen-bond donors (Lipinski definition) is 0.